The van der Waals surface area contributed by atoms with Gasteiger partial charge in [-0.1, -0.05) is 0 Å². The largest absolute Gasteiger partial charge is 0.296 e. The third-order valence-electron chi connectivity index (χ3n) is 8.64. The van der Waals surface area contributed by atoms with Crippen LogP contribution in [0.3, 0.4) is 0 Å². The fourth-order valence-electron chi connectivity index (χ4n) is 6.38. The highest BCUT2D eigenvalue weighted by molar-refractivity contribution is 5.04. The molecule has 0 spiro atoms. The SMILES string of the molecule is CN1C(C)(C)CC(N2CCN(C3CC(C)(C)N(C)C(C)(C)C3)C2)CC1(C)C. The lowest BCUT2D eigenvalue weighted by molar-refractivity contribution is -0.0588. The Balaban J connectivity index is 1.69. The Morgan fingerprint density at radius 2 is 0.778 bits per heavy atom. The standard InChI is InChI=1S/C23H46N4/c1-20(2)13-18(14-21(3,4)24(20)9)26-11-12-27(17-26)19-15-22(5,6)25(10)23(7,8)16-19/h18-19H,11-17H2,1-10H3. The Bertz CT molecular complexity index is 467. The highest BCUT2D eigenvalue weighted by Gasteiger charge is 2.48. The van der Waals surface area contributed by atoms with Gasteiger partial charge in [-0.15, -0.1) is 0 Å². The van der Waals surface area contributed by atoms with Gasteiger partial charge >= 0.3 is 0 Å². The predicted molar refractivity (Wildman–Crippen MR) is 116 cm³/mol. The maximum Gasteiger partial charge on any atom is 0.0512 e. The van der Waals surface area contributed by atoms with E-state index in [4.69, 9.17) is 0 Å². The van der Waals surface area contributed by atoms with Gasteiger partial charge in [0.25, 0.3) is 0 Å². The van der Waals surface area contributed by atoms with Crippen molar-refractivity contribution in [3.63, 3.8) is 0 Å². The highest BCUT2D eigenvalue weighted by Crippen LogP contribution is 2.42. The molecule has 4 nitrogen and oxygen atoms in total. The molecule has 0 aromatic heterocycles. The number of nitrogens with zero attached hydrogens (tertiary/aromatic N) is 4. The van der Waals surface area contributed by atoms with Crippen molar-refractivity contribution in [3.05, 3.63) is 0 Å². The molecule has 3 aliphatic heterocycles. The monoisotopic (exact) mass is 378 g/mol. The van der Waals surface area contributed by atoms with Crippen molar-refractivity contribution in [2.45, 2.75) is 115 Å². The van der Waals surface area contributed by atoms with Crippen molar-refractivity contribution in [3.8, 4) is 0 Å². The Hall–Kier alpha value is -0.160. The molecule has 0 N–H and O–H groups in total. The van der Waals surface area contributed by atoms with Crippen LogP contribution in [0.1, 0.15) is 81.1 Å². The van der Waals surface area contributed by atoms with E-state index in [0.29, 0.717) is 12.1 Å². The van der Waals surface area contributed by atoms with Crippen LogP contribution in [0, 0.1) is 0 Å². The number of piperidine rings is 2. The summed E-state index contributed by atoms with van der Waals surface area (Å²) < 4.78 is 0. The van der Waals surface area contributed by atoms with Crippen molar-refractivity contribution in [2.24, 2.45) is 0 Å². The first-order valence-corrected chi connectivity index (χ1v) is 11.1. The zero-order valence-corrected chi connectivity index (χ0v) is 19.9. The van der Waals surface area contributed by atoms with Crippen LogP contribution in [0.25, 0.3) is 0 Å². The molecule has 3 fully saturated rings. The van der Waals surface area contributed by atoms with Crippen molar-refractivity contribution in [1.29, 1.82) is 0 Å². The van der Waals surface area contributed by atoms with Crippen LogP contribution in [-0.4, -0.2) is 87.7 Å². The lowest BCUT2D eigenvalue weighted by atomic mass is 9.77. The van der Waals surface area contributed by atoms with E-state index in [1.54, 1.807) is 0 Å². The van der Waals surface area contributed by atoms with Gasteiger partial charge in [0.05, 0.1) is 6.67 Å². The smallest absolute Gasteiger partial charge is 0.0512 e. The fourth-order valence-corrected chi connectivity index (χ4v) is 6.38. The topological polar surface area (TPSA) is 13.0 Å². The van der Waals surface area contributed by atoms with Crippen LogP contribution >= 0.6 is 0 Å². The van der Waals surface area contributed by atoms with E-state index in [9.17, 15) is 0 Å². The second-order valence-electron chi connectivity index (χ2n) is 12.3. The van der Waals surface area contributed by atoms with E-state index in [2.05, 4.69) is 89.1 Å². The average molecular weight is 379 g/mol. The molecule has 0 saturated carbocycles. The molecule has 3 rings (SSSR count). The number of likely N-dealkylation sites (tertiary alicyclic amines) is 2. The molecule has 0 radical (unpaired) electrons. The Kier molecular flexibility index (Phi) is 5.33. The van der Waals surface area contributed by atoms with E-state index in [0.717, 1.165) is 0 Å². The maximum absolute atomic E-state index is 2.80. The Morgan fingerprint density at radius 1 is 0.519 bits per heavy atom. The van der Waals surface area contributed by atoms with Gasteiger partial charge in [-0.05, 0) is 95.2 Å². The van der Waals surface area contributed by atoms with E-state index >= 15 is 0 Å². The van der Waals surface area contributed by atoms with Crippen LogP contribution in [0.4, 0.5) is 0 Å². The minimum absolute atomic E-state index is 0.275. The molecule has 0 amide bonds. The third kappa shape index (κ3) is 3.97. The summed E-state index contributed by atoms with van der Waals surface area (Å²) in [7, 11) is 4.63. The molecule has 0 unspecified atom stereocenters. The minimum atomic E-state index is 0.275. The highest BCUT2D eigenvalue weighted by atomic mass is 15.4. The second-order valence-corrected chi connectivity index (χ2v) is 12.3. The van der Waals surface area contributed by atoms with E-state index < -0.39 is 0 Å². The van der Waals surface area contributed by atoms with Gasteiger partial charge in [-0.3, -0.25) is 19.6 Å². The van der Waals surface area contributed by atoms with Gasteiger partial charge in [-0.2, -0.15) is 0 Å². The summed E-state index contributed by atoms with van der Waals surface area (Å²) in [6.45, 7) is 23.1. The van der Waals surface area contributed by atoms with Gasteiger partial charge in [0.15, 0.2) is 0 Å². The second kappa shape index (κ2) is 6.68. The maximum atomic E-state index is 2.80. The first-order valence-electron chi connectivity index (χ1n) is 11.1. The van der Waals surface area contributed by atoms with Gasteiger partial charge < -0.3 is 0 Å². The number of rotatable bonds is 2. The molecule has 0 atom stereocenters. The van der Waals surface area contributed by atoms with Gasteiger partial charge in [-0.25, -0.2) is 0 Å². The molecule has 3 heterocycles. The van der Waals surface area contributed by atoms with Gasteiger partial charge in [0.2, 0.25) is 0 Å². The molecule has 0 aliphatic carbocycles. The summed E-state index contributed by atoms with van der Waals surface area (Å²) in [5.41, 5.74) is 1.10. The van der Waals surface area contributed by atoms with E-state index in [1.165, 1.54) is 45.4 Å². The Labute approximate surface area is 169 Å². The number of hydrogen-bond donors (Lipinski definition) is 0. The number of hydrogen-bond acceptors (Lipinski definition) is 4. The van der Waals surface area contributed by atoms with Crippen LogP contribution in [0.2, 0.25) is 0 Å². The van der Waals surface area contributed by atoms with Crippen molar-refractivity contribution < 1.29 is 0 Å². The summed E-state index contributed by atoms with van der Waals surface area (Å²) >= 11 is 0. The predicted octanol–water partition coefficient (Wildman–Crippen LogP) is 3.86. The van der Waals surface area contributed by atoms with Crippen LogP contribution in [0.5, 0.6) is 0 Å². The molecular formula is C23H46N4. The van der Waals surface area contributed by atoms with Crippen molar-refractivity contribution in [2.75, 3.05) is 33.9 Å². The molecule has 3 saturated heterocycles. The van der Waals surface area contributed by atoms with Crippen molar-refractivity contribution in [1.82, 2.24) is 19.6 Å². The third-order valence-corrected chi connectivity index (χ3v) is 8.64. The molecule has 0 aromatic rings. The van der Waals surface area contributed by atoms with Crippen molar-refractivity contribution >= 4 is 0 Å². The summed E-state index contributed by atoms with van der Waals surface area (Å²) in [6, 6.07) is 1.42. The molecule has 4 heteroatoms. The van der Waals surface area contributed by atoms with Gasteiger partial charge in [0.1, 0.15) is 0 Å². The van der Waals surface area contributed by atoms with E-state index in [1.807, 2.05) is 0 Å². The van der Waals surface area contributed by atoms with Crippen LogP contribution < -0.4 is 0 Å². The lowest BCUT2D eigenvalue weighted by Crippen LogP contribution is -2.63. The average Bonchev–Trinajstić information content (AvgIpc) is 2.99. The lowest BCUT2D eigenvalue weighted by Gasteiger charge is -2.56. The molecule has 3 aliphatic rings. The minimum Gasteiger partial charge on any atom is -0.296 e. The summed E-state index contributed by atoms with van der Waals surface area (Å²) in [5.74, 6) is 0. The van der Waals surface area contributed by atoms with Crippen LogP contribution in [-0.2, 0) is 0 Å². The quantitative estimate of drug-likeness (QED) is 0.723. The Morgan fingerprint density at radius 3 is 1.04 bits per heavy atom. The molecule has 158 valence electrons. The normalized spacial score (nSPS) is 33.6. The first kappa shape index (κ1) is 21.5. The summed E-state index contributed by atoms with van der Waals surface area (Å²) in [4.78, 5) is 10.8. The zero-order valence-electron chi connectivity index (χ0n) is 19.9. The molecular weight excluding hydrogens is 332 g/mol. The summed E-state index contributed by atoms with van der Waals surface area (Å²) in [6.07, 6.45) is 5.13. The molecule has 0 bridgehead atoms. The fraction of sp³-hybridized carbons (Fsp3) is 1.00. The zero-order chi connectivity index (χ0) is 20.4. The first-order chi connectivity index (χ1) is 12.2. The van der Waals surface area contributed by atoms with E-state index in [-0.39, 0.29) is 22.2 Å². The molecule has 27 heavy (non-hydrogen) atoms. The summed E-state index contributed by atoms with van der Waals surface area (Å²) in [5, 5.41) is 0. The molecule has 0 aromatic carbocycles. The van der Waals surface area contributed by atoms with Crippen LogP contribution in [0.15, 0.2) is 0 Å². The van der Waals surface area contributed by atoms with Gasteiger partial charge in [0, 0.05) is 47.3 Å².